The third kappa shape index (κ3) is 12.2. The summed E-state index contributed by atoms with van der Waals surface area (Å²) < 4.78 is 4.47. The van der Waals surface area contributed by atoms with E-state index >= 15 is 0 Å². The van der Waals surface area contributed by atoms with Crippen LogP contribution in [0, 0.1) is 0 Å². The number of ether oxygens (including phenoxy) is 1. The predicted molar refractivity (Wildman–Crippen MR) is 63.0 cm³/mol. The van der Waals surface area contributed by atoms with Crippen LogP contribution in [0.1, 0.15) is 20.3 Å². The van der Waals surface area contributed by atoms with Gasteiger partial charge in [0.15, 0.2) is 0 Å². The fraction of sp³-hybridized carbons (Fsp3) is 0.333. The van der Waals surface area contributed by atoms with Crippen molar-refractivity contribution in [3.63, 3.8) is 0 Å². The number of carbonyl (C=O) groups excluding carboxylic acids is 1. The van der Waals surface area contributed by atoms with Crippen molar-refractivity contribution >= 4 is 11.9 Å². The maximum Gasteiger partial charge on any atom is 0.330 e. The first-order valence-electron chi connectivity index (χ1n) is 4.79. The average molecular weight is 226 g/mol. The van der Waals surface area contributed by atoms with Gasteiger partial charge < -0.3 is 9.84 Å². The van der Waals surface area contributed by atoms with E-state index in [4.69, 9.17) is 5.11 Å². The zero-order valence-electron chi connectivity index (χ0n) is 9.73. The fourth-order valence-corrected chi connectivity index (χ4v) is 0.593. The van der Waals surface area contributed by atoms with Crippen LogP contribution in [-0.4, -0.2) is 23.7 Å². The van der Waals surface area contributed by atoms with Gasteiger partial charge in [-0.15, -0.1) is 0 Å². The molecule has 0 radical (unpaired) electrons. The highest BCUT2D eigenvalue weighted by molar-refractivity contribution is 5.85. The predicted octanol–water partition coefficient (Wildman–Crippen LogP) is 2.33. The summed E-state index contributed by atoms with van der Waals surface area (Å²) in [7, 11) is 0. The molecule has 0 saturated carbocycles. The molecule has 0 spiro atoms. The Morgan fingerprint density at radius 1 is 1.38 bits per heavy atom. The molecule has 0 rings (SSSR count). The summed E-state index contributed by atoms with van der Waals surface area (Å²) in [4.78, 5) is 20.2. The van der Waals surface area contributed by atoms with E-state index in [0.29, 0.717) is 5.57 Å². The molecule has 0 aliphatic heterocycles. The van der Waals surface area contributed by atoms with Crippen LogP contribution in [0.3, 0.4) is 0 Å². The van der Waals surface area contributed by atoms with E-state index in [9.17, 15) is 9.59 Å². The molecular weight excluding hydrogens is 208 g/mol. The number of carbonyl (C=O) groups is 2. The number of rotatable bonds is 5. The van der Waals surface area contributed by atoms with Gasteiger partial charge in [0.05, 0.1) is 0 Å². The lowest BCUT2D eigenvalue weighted by atomic mass is 10.2. The van der Waals surface area contributed by atoms with E-state index in [2.05, 4.69) is 17.9 Å². The third-order valence-corrected chi connectivity index (χ3v) is 1.36. The number of carboxylic acids is 1. The first kappa shape index (κ1) is 16.6. The van der Waals surface area contributed by atoms with Crippen molar-refractivity contribution < 1.29 is 19.4 Å². The van der Waals surface area contributed by atoms with Gasteiger partial charge in [-0.25, -0.2) is 9.59 Å². The Balaban J connectivity index is 0. The highest BCUT2D eigenvalue weighted by atomic mass is 16.5. The Labute approximate surface area is 95.9 Å². The number of aliphatic carboxylic acids is 1. The number of allylic oxidation sites excluding steroid dienone is 1. The van der Waals surface area contributed by atoms with Crippen molar-refractivity contribution in [2.45, 2.75) is 20.3 Å². The van der Waals surface area contributed by atoms with Crippen LogP contribution in [0.2, 0.25) is 0 Å². The van der Waals surface area contributed by atoms with Crippen molar-refractivity contribution in [3.05, 3.63) is 37.0 Å². The molecule has 0 heterocycles. The average Bonchev–Trinajstić information content (AvgIpc) is 2.27. The van der Waals surface area contributed by atoms with Crippen molar-refractivity contribution in [3.8, 4) is 0 Å². The minimum Gasteiger partial charge on any atom is -0.478 e. The molecule has 0 atom stereocenters. The molecule has 0 aromatic carbocycles. The topological polar surface area (TPSA) is 63.6 Å². The lowest BCUT2D eigenvalue weighted by Crippen LogP contribution is -1.98. The summed E-state index contributed by atoms with van der Waals surface area (Å²) in [6, 6.07) is 0. The highest BCUT2D eigenvalue weighted by Gasteiger charge is 1.95. The molecule has 0 aliphatic carbocycles. The van der Waals surface area contributed by atoms with Gasteiger partial charge in [-0.1, -0.05) is 32.2 Å². The Morgan fingerprint density at radius 2 is 1.94 bits per heavy atom. The summed E-state index contributed by atoms with van der Waals surface area (Å²) in [5.74, 6) is -1.24. The molecule has 90 valence electrons. The summed E-state index contributed by atoms with van der Waals surface area (Å²) in [6.45, 7) is 10.3. The standard InChI is InChI=1S/C6H10O2.C6H8O2/c1-3-4-5(2)6(7)8;1-3-5-8-6(7)4-2/h4H,3H2,1-2H3,(H,7,8);3-4H,1-2,5H2. The van der Waals surface area contributed by atoms with Gasteiger partial charge in [-0.2, -0.15) is 0 Å². The van der Waals surface area contributed by atoms with Crippen LogP contribution in [0.4, 0.5) is 0 Å². The Hall–Kier alpha value is -1.84. The van der Waals surface area contributed by atoms with Crippen LogP contribution in [0.25, 0.3) is 0 Å². The van der Waals surface area contributed by atoms with Crippen LogP contribution in [0.5, 0.6) is 0 Å². The quantitative estimate of drug-likeness (QED) is 0.444. The van der Waals surface area contributed by atoms with Crippen molar-refractivity contribution in [1.82, 2.24) is 0 Å². The van der Waals surface area contributed by atoms with Crippen LogP contribution >= 0.6 is 0 Å². The third-order valence-electron chi connectivity index (χ3n) is 1.36. The summed E-state index contributed by atoms with van der Waals surface area (Å²) in [5, 5.41) is 8.24. The maximum absolute atomic E-state index is 10.2. The van der Waals surface area contributed by atoms with Gasteiger partial charge in [0.2, 0.25) is 0 Å². The van der Waals surface area contributed by atoms with Gasteiger partial charge in [-0.05, 0) is 13.3 Å². The normalized spacial score (nSPS) is 9.50. The van der Waals surface area contributed by atoms with E-state index in [1.165, 1.54) is 6.08 Å². The van der Waals surface area contributed by atoms with E-state index in [1.807, 2.05) is 6.92 Å². The molecule has 0 aliphatic rings. The maximum atomic E-state index is 10.2. The largest absolute Gasteiger partial charge is 0.478 e. The zero-order valence-corrected chi connectivity index (χ0v) is 9.73. The van der Waals surface area contributed by atoms with E-state index in [1.54, 1.807) is 13.0 Å². The van der Waals surface area contributed by atoms with Crippen molar-refractivity contribution in [2.24, 2.45) is 0 Å². The molecule has 0 aromatic rings. The molecule has 0 saturated heterocycles. The lowest BCUT2D eigenvalue weighted by molar-refractivity contribution is -0.136. The molecule has 0 fully saturated rings. The van der Waals surface area contributed by atoms with Gasteiger partial charge in [0.25, 0.3) is 0 Å². The monoisotopic (exact) mass is 226 g/mol. The smallest absolute Gasteiger partial charge is 0.330 e. The summed E-state index contributed by atoms with van der Waals surface area (Å²) in [5.41, 5.74) is 0.424. The molecule has 0 unspecified atom stereocenters. The van der Waals surface area contributed by atoms with Crippen molar-refractivity contribution in [2.75, 3.05) is 6.61 Å². The highest BCUT2D eigenvalue weighted by Crippen LogP contribution is 1.92. The molecule has 0 bridgehead atoms. The first-order chi connectivity index (χ1) is 7.49. The van der Waals surface area contributed by atoms with E-state index in [0.717, 1.165) is 12.5 Å². The molecule has 4 heteroatoms. The zero-order chi connectivity index (χ0) is 13.0. The summed E-state index contributed by atoms with van der Waals surface area (Å²) >= 11 is 0. The minimum absolute atomic E-state index is 0.255. The first-order valence-corrected chi connectivity index (χ1v) is 4.79. The number of hydrogen-bond acceptors (Lipinski definition) is 3. The Bertz CT molecular complexity index is 277. The second-order valence-electron chi connectivity index (χ2n) is 2.72. The minimum atomic E-state index is -0.827. The van der Waals surface area contributed by atoms with Gasteiger partial charge in [-0.3, -0.25) is 0 Å². The molecular formula is C12H18O4. The SMILES string of the molecule is C=CCOC(=O)C=C.CCC=C(C)C(=O)O. The number of carboxylic acid groups (broad SMARTS) is 1. The Kier molecular flexibility index (Phi) is 11.6. The van der Waals surface area contributed by atoms with E-state index in [-0.39, 0.29) is 6.61 Å². The molecule has 16 heavy (non-hydrogen) atoms. The number of hydrogen-bond donors (Lipinski definition) is 1. The molecule has 4 nitrogen and oxygen atoms in total. The van der Waals surface area contributed by atoms with Crippen molar-refractivity contribution in [1.29, 1.82) is 0 Å². The van der Waals surface area contributed by atoms with Gasteiger partial charge >= 0.3 is 11.9 Å². The van der Waals surface area contributed by atoms with Crippen LogP contribution in [0.15, 0.2) is 37.0 Å². The molecule has 0 amide bonds. The summed E-state index contributed by atoms with van der Waals surface area (Å²) in [6.07, 6.45) is 5.09. The van der Waals surface area contributed by atoms with Gasteiger partial charge in [0, 0.05) is 11.6 Å². The van der Waals surface area contributed by atoms with Crippen LogP contribution in [-0.2, 0) is 14.3 Å². The molecule has 0 aromatic heterocycles. The number of esters is 1. The second-order valence-corrected chi connectivity index (χ2v) is 2.72. The second kappa shape index (κ2) is 11.2. The van der Waals surface area contributed by atoms with E-state index < -0.39 is 11.9 Å². The molecule has 1 N–H and O–H groups in total. The van der Waals surface area contributed by atoms with Gasteiger partial charge in [0.1, 0.15) is 6.61 Å². The fourth-order valence-electron chi connectivity index (χ4n) is 0.593. The lowest BCUT2D eigenvalue weighted by Gasteiger charge is -1.92. The Morgan fingerprint density at radius 3 is 2.19 bits per heavy atom. The van der Waals surface area contributed by atoms with Crippen LogP contribution < -0.4 is 0 Å².